The van der Waals surface area contributed by atoms with Crippen LogP contribution in [-0.4, -0.2) is 24.6 Å². The highest BCUT2D eigenvalue weighted by molar-refractivity contribution is 5.70. The molecule has 1 atom stereocenters. The maximum atomic E-state index is 11.6. The second-order valence-electron chi connectivity index (χ2n) is 5.69. The maximum absolute atomic E-state index is 11.6. The molecule has 4 nitrogen and oxygen atoms in total. The molecule has 2 aromatic rings. The second kappa shape index (κ2) is 6.60. The third-order valence-electron chi connectivity index (χ3n) is 4.07. The summed E-state index contributed by atoms with van der Waals surface area (Å²) in [7, 11) is 1.44. The van der Waals surface area contributed by atoms with E-state index in [1.807, 2.05) is 18.3 Å². The first-order valence-corrected chi connectivity index (χ1v) is 7.56. The van der Waals surface area contributed by atoms with Crippen molar-refractivity contribution in [2.45, 2.75) is 19.4 Å². The molecule has 0 saturated carbocycles. The predicted octanol–water partition coefficient (Wildman–Crippen LogP) is 2.82. The zero-order valence-corrected chi connectivity index (χ0v) is 12.7. The maximum Gasteiger partial charge on any atom is 0.305 e. The van der Waals surface area contributed by atoms with Crippen molar-refractivity contribution < 1.29 is 9.53 Å². The molecule has 4 heteroatoms. The molecule has 0 aliphatic carbocycles. The normalized spacial score (nSPS) is 17.0. The van der Waals surface area contributed by atoms with Crippen molar-refractivity contribution in [1.29, 1.82) is 0 Å². The lowest BCUT2D eigenvalue weighted by molar-refractivity contribution is -0.141. The summed E-state index contributed by atoms with van der Waals surface area (Å²) in [5.74, 6) is 0.0996. The monoisotopic (exact) mass is 296 g/mol. The van der Waals surface area contributed by atoms with Gasteiger partial charge in [0.05, 0.1) is 24.9 Å². The van der Waals surface area contributed by atoms with Crippen LogP contribution in [0.3, 0.4) is 0 Å². The molecule has 1 aliphatic heterocycles. The average Bonchev–Trinajstić information content (AvgIpc) is 2.55. The minimum absolute atomic E-state index is 0.149. The molecule has 0 radical (unpaired) electrons. The summed E-state index contributed by atoms with van der Waals surface area (Å²) in [5.41, 5.74) is 3.50. The Kier molecular flexibility index (Phi) is 4.37. The van der Waals surface area contributed by atoms with Crippen LogP contribution in [0.1, 0.15) is 17.7 Å². The highest BCUT2D eigenvalue weighted by Crippen LogP contribution is 2.30. The van der Waals surface area contributed by atoms with Gasteiger partial charge in [-0.3, -0.25) is 9.78 Å². The van der Waals surface area contributed by atoms with Gasteiger partial charge in [0.2, 0.25) is 0 Å². The van der Waals surface area contributed by atoms with Crippen LogP contribution >= 0.6 is 0 Å². The summed E-state index contributed by atoms with van der Waals surface area (Å²) in [6.07, 6.45) is 3.09. The minimum Gasteiger partial charge on any atom is -0.469 e. The predicted molar refractivity (Wildman–Crippen MR) is 85.6 cm³/mol. The van der Waals surface area contributed by atoms with Crippen LogP contribution < -0.4 is 4.90 Å². The second-order valence-corrected chi connectivity index (χ2v) is 5.69. The summed E-state index contributed by atoms with van der Waals surface area (Å²) in [6, 6.07) is 14.5. The zero-order valence-electron chi connectivity index (χ0n) is 12.7. The summed E-state index contributed by atoms with van der Waals surface area (Å²) in [4.78, 5) is 18.4. The van der Waals surface area contributed by atoms with E-state index in [0.29, 0.717) is 6.42 Å². The van der Waals surface area contributed by atoms with E-state index >= 15 is 0 Å². The van der Waals surface area contributed by atoms with E-state index in [0.717, 1.165) is 25.2 Å². The summed E-state index contributed by atoms with van der Waals surface area (Å²) >= 11 is 0. The van der Waals surface area contributed by atoms with Crippen LogP contribution in [0.2, 0.25) is 0 Å². The fourth-order valence-corrected chi connectivity index (χ4v) is 3.03. The Labute approximate surface area is 130 Å². The first kappa shape index (κ1) is 14.6. The average molecular weight is 296 g/mol. The standard InChI is InChI=1S/C18H20N2O2/c1-22-18(21)11-15-10-16-17(8-5-9-19-16)20(13-15)12-14-6-3-2-4-7-14/h2-9,15H,10-13H2,1H3. The molecule has 0 N–H and O–H groups in total. The van der Waals surface area contributed by atoms with Gasteiger partial charge in [0, 0.05) is 19.3 Å². The number of esters is 1. The van der Waals surface area contributed by atoms with Gasteiger partial charge in [0.25, 0.3) is 0 Å². The number of fused-ring (bicyclic) bond motifs is 1. The van der Waals surface area contributed by atoms with Gasteiger partial charge in [-0.25, -0.2) is 0 Å². The van der Waals surface area contributed by atoms with Gasteiger partial charge in [0.1, 0.15) is 0 Å². The van der Waals surface area contributed by atoms with Crippen LogP contribution in [0.15, 0.2) is 48.7 Å². The fraction of sp³-hybridized carbons (Fsp3) is 0.333. The van der Waals surface area contributed by atoms with Gasteiger partial charge >= 0.3 is 5.97 Å². The van der Waals surface area contributed by atoms with Gasteiger partial charge in [-0.15, -0.1) is 0 Å². The van der Waals surface area contributed by atoms with E-state index in [4.69, 9.17) is 4.74 Å². The quantitative estimate of drug-likeness (QED) is 0.814. The topological polar surface area (TPSA) is 42.4 Å². The van der Waals surface area contributed by atoms with Crippen molar-refractivity contribution in [3.8, 4) is 0 Å². The lowest BCUT2D eigenvalue weighted by Crippen LogP contribution is -2.36. The lowest BCUT2D eigenvalue weighted by atomic mass is 9.93. The van der Waals surface area contributed by atoms with Crippen molar-refractivity contribution >= 4 is 11.7 Å². The van der Waals surface area contributed by atoms with Crippen molar-refractivity contribution in [2.75, 3.05) is 18.6 Å². The van der Waals surface area contributed by atoms with E-state index in [2.05, 4.69) is 40.2 Å². The van der Waals surface area contributed by atoms with E-state index < -0.39 is 0 Å². The van der Waals surface area contributed by atoms with Gasteiger partial charge in [-0.05, 0) is 30.0 Å². The molecule has 114 valence electrons. The highest BCUT2D eigenvalue weighted by atomic mass is 16.5. The number of pyridine rings is 1. The first-order chi connectivity index (χ1) is 10.8. The van der Waals surface area contributed by atoms with Crippen LogP contribution in [-0.2, 0) is 22.5 Å². The number of nitrogens with zero attached hydrogens (tertiary/aromatic N) is 2. The summed E-state index contributed by atoms with van der Waals surface area (Å²) in [6.45, 7) is 1.68. The summed E-state index contributed by atoms with van der Waals surface area (Å²) < 4.78 is 4.82. The van der Waals surface area contributed by atoms with Crippen LogP contribution in [0, 0.1) is 5.92 Å². The Hall–Kier alpha value is -2.36. The van der Waals surface area contributed by atoms with E-state index in [1.165, 1.54) is 18.4 Å². The molecule has 0 spiro atoms. The van der Waals surface area contributed by atoms with Gasteiger partial charge in [0.15, 0.2) is 0 Å². The summed E-state index contributed by atoms with van der Waals surface area (Å²) in [5, 5.41) is 0. The molecule has 1 aliphatic rings. The molecule has 22 heavy (non-hydrogen) atoms. The zero-order chi connectivity index (χ0) is 15.4. The van der Waals surface area contributed by atoms with Crippen LogP contribution in [0.4, 0.5) is 5.69 Å². The van der Waals surface area contributed by atoms with Crippen LogP contribution in [0.5, 0.6) is 0 Å². The number of anilines is 1. The highest BCUT2D eigenvalue weighted by Gasteiger charge is 2.27. The molecule has 1 unspecified atom stereocenters. The van der Waals surface area contributed by atoms with Crippen molar-refractivity contribution in [2.24, 2.45) is 5.92 Å². The Morgan fingerprint density at radius 1 is 1.27 bits per heavy atom. The van der Waals surface area contributed by atoms with E-state index in [-0.39, 0.29) is 11.9 Å². The number of methoxy groups -OCH3 is 1. The molecule has 0 saturated heterocycles. The molecular weight excluding hydrogens is 276 g/mol. The van der Waals surface area contributed by atoms with Crippen molar-refractivity contribution in [1.82, 2.24) is 4.98 Å². The van der Waals surface area contributed by atoms with Gasteiger partial charge in [-0.1, -0.05) is 30.3 Å². The van der Waals surface area contributed by atoms with E-state index in [9.17, 15) is 4.79 Å². The molecular formula is C18H20N2O2. The minimum atomic E-state index is -0.149. The SMILES string of the molecule is COC(=O)CC1Cc2ncccc2N(Cc2ccccc2)C1. The third kappa shape index (κ3) is 3.27. The number of rotatable bonds is 4. The van der Waals surface area contributed by atoms with Gasteiger partial charge in [-0.2, -0.15) is 0 Å². The number of carbonyl (C=O) groups excluding carboxylic acids is 1. The number of benzene rings is 1. The Bertz CT molecular complexity index is 643. The molecule has 0 amide bonds. The Morgan fingerprint density at radius 3 is 2.86 bits per heavy atom. The number of hydrogen-bond acceptors (Lipinski definition) is 4. The van der Waals surface area contributed by atoms with Crippen LogP contribution in [0.25, 0.3) is 0 Å². The molecule has 0 fully saturated rings. The van der Waals surface area contributed by atoms with Gasteiger partial charge < -0.3 is 9.64 Å². The largest absolute Gasteiger partial charge is 0.469 e. The number of hydrogen-bond donors (Lipinski definition) is 0. The first-order valence-electron chi connectivity index (χ1n) is 7.56. The molecule has 1 aromatic heterocycles. The molecule has 1 aromatic carbocycles. The number of ether oxygens (including phenoxy) is 1. The number of carbonyl (C=O) groups is 1. The molecule has 3 rings (SSSR count). The third-order valence-corrected chi connectivity index (χ3v) is 4.07. The molecule has 0 bridgehead atoms. The van der Waals surface area contributed by atoms with Crippen molar-refractivity contribution in [3.63, 3.8) is 0 Å². The Morgan fingerprint density at radius 2 is 2.09 bits per heavy atom. The number of aromatic nitrogens is 1. The van der Waals surface area contributed by atoms with E-state index in [1.54, 1.807) is 0 Å². The molecule has 2 heterocycles. The lowest BCUT2D eigenvalue weighted by Gasteiger charge is -2.35. The Balaban J connectivity index is 1.82. The fourth-order valence-electron chi connectivity index (χ4n) is 3.03. The smallest absolute Gasteiger partial charge is 0.305 e. The van der Waals surface area contributed by atoms with Crippen molar-refractivity contribution in [3.05, 3.63) is 59.9 Å².